The molecule has 3 atom stereocenters. The number of hydrogen-bond acceptors (Lipinski definition) is 3. The fourth-order valence-corrected chi connectivity index (χ4v) is 2.37. The minimum absolute atomic E-state index is 0.000121. The molecule has 3 unspecified atom stereocenters. The van der Waals surface area contributed by atoms with Crippen LogP contribution in [0.25, 0.3) is 0 Å². The Morgan fingerprint density at radius 3 is 2.47 bits per heavy atom. The number of nitrogens with two attached hydrogens (primary N) is 1. The van der Waals surface area contributed by atoms with Gasteiger partial charge in [-0.1, -0.05) is 26.7 Å². The zero-order chi connectivity index (χ0) is 14.4. The van der Waals surface area contributed by atoms with Crippen molar-refractivity contribution in [3.05, 3.63) is 0 Å². The van der Waals surface area contributed by atoms with Gasteiger partial charge in [0.1, 0.15) is 0 Å². The number of aliphatic carboxylic acids is 1. The molecule has 0 saturated heterocycles. The van der Waals surface area contributed by atoms with Crippen LogP contribution in [-0.4, -0.2) is 35.7 Å². The third kappa shape index (κ3) is 5.06. The van der Waals surface area contributed by atoms with Gasteiger partial charge in [0.15, 0.2) is 0 Å². The standard InChI is InChI=1S/C13H25N3O3/c1-8(2)9(12(17)18)7-15-13(19)16-11-6-4-3-5-10(11)14/h8-11H,3-7,14H2,1-2H3,(H,17,18)(H2,15,16,19). The van der Waals surface area contributed by atoms with Gasteiger partial charge < -0.3 is 21.5 Å². The topological polar surface area (TPSA) is 104 Å². The molecule has 6 nitrogen and oxygen atoms in total. The van der Waals surface area contributed by atoms with Crippen molar-refractivity contribution in [3.63, 3.8) is 0 Å². The van der Waals surface area contributed by atoms with Crippen molar-refractivity contribution in [2.75, 3.05) is 6.54 Å². The van der Waals surface area contributed by atoms with Gasteiger partial charge >= 0.3 is 12.0 Å². The van der Waals surface area contributed by atoms with Gasteiger partial charge in [-0.05, 0) is 18.8 Å². The molecule has 0 aromatic carbocycles. The Kier molecular flexibility index (Phi) is 6.08. The summed E-state index contributed by atoms with van der Waals surface area (Å²) in [5, 5.41) is 14.5. The monoisotopic (exact) mass is 271 g/mol. The van der Waals surface area contributed by atoms with E-state index in [1.807, 2.05) is 13.8 Å². The van der Waals surface area contributed by atoms with Gasteiger partial charge in [-0.3, -0.25) is 4.79 Å². The maximum atomic E-state index is 11.7. The second-order valence-corrected chi connectivity index (χ2v) is 5.60. The number of carboxylic acid groups (broad SMARTS) is 1. The van der Waals surface area contributed by atoms with E-state index in [0.717, 1.165) is 25.7 Å². The van der Waals surface area contributed by atoms with Crippen LogP contribution in [0.5, 0.6) is 0 Å². The van der Waals surface area contributed by atoms with E-state index >= 15 is 0 Å². The summed E-state index contributed by atoms with van der Waals surface area (Å²) in [6.45, 7) is 3.80. The lowest BCUT2D eigenvalue weighted by Crippen LogP contribution is -2.53. The van der Waals surface area contributed by atoms with E-state index in [1.165, 1.54) is 0 Å². The predicted molar refractivity (Wildman–Crippen MR) is 72.7 cm³/mol. The lowest BCUT2D eigenvalue weighted by Gasteiger charge is -2.29. The molecule has 110 valence electrons. The van der Waals surface area contributed by atoms with E-state index in [2.05, 4.69) is 10.6 Å². The number of nitrogens with one attached hydrogen (secondary N) is 2. The van der Waals surface area contributed by atoms with Crippen molar-refractivity contribution in [2.24, 2.45) is 17.6 Å². The highest BCUT2D eigenvalue weighted by Crippen LogP contribution is 2.16. The first-order valence-corrected chi connectivity index (χ1v) is 6.94. The molecule has 6 heteroatoms. The predicted octanol–water partition coefficient (Wildman–Crippen LogP) is 0.912. The molecule has 1 aliphatic carbocycles. The molecule has 1 saturated carbocycles. The van der Waals surface area contributed by atoms with Gasteiger partial charge in [0.2, 0.25) is 0 Å². The Hall–Kier alpha value is -1.30. The average Bonchev–Trinajstić information content (AvgIpc) is 2.31. The molecule has 0 heterocycles. The maximum Gasteiger partial charge on any atom is 0.315 e. The van der Waals surface area contributed by atoms with Crippen molar-refractivity contribution in [2.45, 2.75) is 51.6 Å². The largest absolute Gasteiger partial charge is 0.481 e. The Morgan fingerprint density at radius 1 is 1.32 bits per heavy atom. The molecule has 0 aromatic rings. The van der Waals surface area contributed by atoms with Crippen LogP contribution in [0.15, 0.2) is 0 Å². The van der Waals surface area contributed by atoms with Gasteiger partial charge in [0.05, 0.1) is 5.92 Å². The molecule has 5 N–H and O–H groups in total. The number of rotatable bonds is 5. The fraction of sp³-hybridized carbons (Fsp3) is 0.846. The number of carbonyl (C=O) groups is 2. The number of urea groups is 1. The molecular formula is C13H25N3O3. The normalized spacial score (nSPS) is 24.8. The SMILES string of the molecule is CC(C)C(CNC(=O)NC1CCCCC1N)C(=O)O. The molecular weight excluding hydrogens is 246 g/mol. The van der Waals surface area contributed by atoms with E-state index < -0.39 is 11.9 Å². The van der Waals surface area contributed by atoms with Crippen LogP contribution in [0.2, 0.25) is 0 Å². The van der Waals surface area contributed by atoms with Crippen LogP contribution in [0.3, 0.4) is 0 Å². The summed E-state index contributed by atoms with van der Waals surface area (Å²) in [7, 11) is 0. The second-order valence-electron chi connectivity index (χ2n) is 5.60. The third-order valence-electron chi connectivity index (χ3n) is 3.74. The molecule has 0 aromatic heterocycles. The molecule has 19 heavy (non-hydrogen) atoms. The van der Waals surface area contributed by atoms with E-state index in [0.29, 0.717) is 0 Å². The van der Waals surface area contributed by atoms with Gasteiger partial charge in [0.25, 0.3) is 0 Å². The highest BCUT2D eigenvalue weighted by molar-refractivity contribution is 5.76. The van der Waals surface area contributed by atoms with Crippen molar-refractivity contribution in [3.8, 4) is 0 Å². The van der Waals surface area contributed by atoms with Gasteiger partial charge in [-0.25, -0.2) is 4.79 Å². The molecule has 1 rings (SSSR count). The molecule has 1 aliphatic rings. The van der Waals surface area contributed by atoms with Crippen molar-refractivity contribution in [1.29, 1.82) is 0 Å². The highest BCUT2D eigenvalue weighted by atomic mass is 16.4. The van der Waals surface area contributed by atoms with Crippen LogP contribution in [0.1, 0.15) is 39.5 Å². The lowest BCUT2D eigenvalue weighted by atomic mass is 9.91. The first-order chi connectivity index (χ1) is 8.91. The maximum absolute atomic E-state index is 11.7. The van der Waals surface area contributed by atoms with E-state index in [9.17, 15) is 9.59 Å². The molecule has 0 radical (unpaired) electrons. The highest BCUT2D eigenvalue weighted by Gasteiger charge is 2.25. The van der Waals surface area contributed by atoms with Crippen LogP contribution in [0.4, 0.5) is 4.79 Å². The van der Waals surface area contributed by atoms with Crippen molar-refractivity contribution < 1.29 is 14.7 Å². The van der Waals surface area contributed by atoms with E-state index in [-0.39, 0.29) is 30.6 Å². The van der Waals surface area contributed by atoms with Crippen LogP contribution >= 0.6 is 0 Å². The van der Waals surface area contributed by atoms with Gasteiger partial charge in [-0.15, -0.1) is 0 Å². The Morgan fingerprint density at radius 2 is 1.95 bits per heavy atom. The van der Waals surface area contributed by atoms with Crippen LogP contribution < -0.4 is 16.4 Å². The Balaban J connectivity index is 2.36. The Bertz CT molecular complexity index is 320. The van der Waals surface area contributed by atoms with Crippen LogP contribution in [0, 0.1) is 11.8 Å². The van der Waals surface area contributed by atoms with E-state index in [1.54, 1.807) is 0 Å². The summed E-state index contributed by atoms with van der Waals surface area (Å²) in [6.07, 6.45) is 3.99. The summed E-state index contributed by atoms with van der Waals surface area (Å²) < 4.78 is 0. The van der Waals surface area contributed by atoms with Gasteiger partial charge in [-0.2, -0.15) is 0 Å². The average molecular weight is 271 g/mol. The third-order valence-corrected chi connectivity index (χ3v) is 3.74. The molecule has 1 fully saturated rings. The smallest absolute Gasteiger partial charge is 0.315 e. The molecule has 0 spiro atoms. The summed E-state index contributed by atoms with van der Waals surface area (Å²) in [4.78, 5) is 22.7. The zero-order valence-electron chi connectivity index (χ0n) is 11.7. The number of carbonyl (C=O) groups excluding carboxylic acids is 1. The van der Waals surface area contributed by atoms with Crippen molar-refractivity contribution in [1.82, 2.24) is 10.6 Å². The number of hydrogen-bond donors (Lipinski definition) is 4. The number of amides is 2. The summed E-state index contributed by atoms with van der Waals surface area (Å²) in [6, 6.07) is -0.329. The minimum atomic E-state index is -0.885. The quantitative estimate of drug-likeness (QED) is 0.596. The summed E-state index contributed by atoms with van der Waals surface area (Å²) >= 11 is 0. The first-order valence-electron chi connectivity index (χ1n) is 6.94. The fourth-order valence-electron chi connectivity index (χ4n) is 2.37. The van der Waals surface area contributed by atoms with Gasteiger partial charge in [0, 0.05) is 18.6 Å². The van der Waals surface area contributed by atoms with Crippen LogP contribution in [-0.2, 0) is 4.79 Å². The first kappa shape index (κ1) is 15.8. The minimum Gasteiger partial charge on any atom is -0.481 e. The summed E-state index contributed by atoms with van der Waals surface area (Å²) in [5.74, 6) is -1.47. The molecule has 0 aliphatic heterocycles. The second kappa shape index (κ2) is 7.33. The zero-order valence-corrected chi connectivity index (χ0v) is 11.7. The molecule has 0 bridgehead atoms. The summed E-state index contributed by atoms with van der Waals surface area (Å²) in [5.41, 5.74) is 5.94. The van der Waals surface area contributed by atoms with Crippen molar-refractivity contribution >= 4 is 12.0 Å². The number of carboxylic acids is 1. The van der Waals surface area contributed by atoms with E-state index in [4.69, 9.17) is 10.8 Å². The molecule has 2 amide bonds. The lowest BCUT2D eigenvalue weighted by molar-refractivity contribution is -0.142. The Labute approximate surface area is 114 Å².